The van der Waals surface area contributed by atoms with Gasteiger partial charge in [0.1, 0.15) is 10.6 Å². The van der Waals surface area contributed by atoms with E-state index >= 15 is 0 Å². The molecule has 6 heteroatoms. The Morgan fingerprint density at radius 2 is 2.30 bits per heavy atom. The molecular weight excluding hydrogens is 292 g/mol. The second kappa shape index (κ2) is 7.31. The third-order valence-electron chi connectivity index (χ3n) is 3.46. The van der Waals surface area contributed by atoms with Crippen molar-refractivity contribution in [1.29, 1.82) is 0 Å². The Labute approximate surface area is 128 Å². The summed E-state index contributed by atoms with van der Waals surface area (Å²) in [5.74, 6) is 0.907. The smallest absolute Gasteiger partial charge is 0.343 e. The van der Waals surface area contributed by atoms with Crippen molar-refractivity contribution in [3.05, 3.63) is 11.3 Å². The fraction of sp³-hybridized carbons (Fsp3) is 0.714. The van der Waals surface area contributed by atoms with E-state index in [9.17, 15) is 4.79 Å². The number of anilines is 1. The Balaban J connectivity index is 2.02. The van der Waals surface area contributed by atoms with Crippen LogP contribution in [0.3, 0.4) is 0 Å². The van der Waals surface area contributed by atoms with E-state index in [0.29, 0.717) is 18.2 Å². The number of ether oxygens (including phenoxy) is 1. The number of carbonyl (C=O) groups excluding carboxylic acids is 1. The predicted molar refractivity (Wildman–Crippen MR) is 86.0 cm³/mol. The molecule has 2 rings (SSSR count). The second-order valence-electron chi connectivity index (χ2n) is 4.92. The molecule has 1 aliphatic carbocycles. The third kappa shape index (κ3) is 3.67. The lowest BCUT2D eigenvalue weighted by Gasteiger charge is -2.14. The van der Waals surface area contributed by atoms with Gasteiger partial charge in [-0.3, -0.25) is 0 Å². The van der Waals surface area contributed by atoms with Crippen molar-refractivity contribution in [2.24, 2.45) is 0 Å². The zero-order chi connectivity index (χ0) is 14.5. The maximum atomic E-state index is 12.0. The highest BCUT2D eigenvalue weighted by atomic mass is 32.2. The van der Waals surface area contributed by atoms with Crippen LogP contribution in [0.15, 0.2) is 0 Å². The second-order valence-corrected chi connectivity index (χ2v) is 7.27. The first-order chi connectivity index (χ1) is 9.65. The summed E-state index contributed by atoms with van der Waals surface area (Å²) < 4.78 is 9.41. The normalized spacial score (nSPS) is 21.9. The molecule has 2 atom stereocenters. The summed E-state index contributed by atoms with van der Waals surface area (Å²) in [7, 11) is 0. The van der Waals surface area contributed by atoms with Gasteiger partial charge in [-0.15, -0.1) is 0 Å². The molecule has 112 valence electrons. The van der Waals surface area contributed by atoms with Gasteiger partial charge in [-0.2, -0.15) is 16.1 Å². The van der Waals surface area contributed by atoms with E-state index in [1.807, 2.05) is 25.6 Å². The molecule has 0 amide bonds. The first kappa shape index (κ1) is 15.6. The monoisotopic (exact) mass is 314 g/mol. The Morgan fingerprint density at radius 3 is 3.00 bits per heavy atom. The van der Waals surface area contributed by atoms with Crippen LogP contribution in [-0.2, 0) is 4.74 Å². The number of aromatic nitrogens is 1. The Hall–Kier alpha value is -0.750. The van der Waals surface area contributed by atoms with Crippen LogP contribution >= 0.6 is 23.3 Å². The molecule has 1 fully saturated rings. The summed E-state index contributed by atoms with van der Waals surface area (Å²) in [5, 5.41) is 5.12. The Bertz CT molecular complexity index is 462. The van der Waals surface area contributed by atoms with E-state index in [1.165, 1.54) is 23.7 Å². The van der Waals surface area contributed by atoms with Crippen LogP contribution in [0.25, 0.3) is 0 Å². The Morgan fingerprint density at radius 1 is 1.50 bits per heavy atom. The first-order valence-electron chi connectivity index (χ1n) is 7.17. The van der Waals surface area contributed by atoms with Gasteiger partial charge in [0, 0.05) is 11.3 Å². The first-order valence-corrected chi connectivity index (χ1v) is 8.99. The van der Waals surface area contributed by atoms with Crippen molar-refractivity contribution in [2.45, 2.75) is 51.3 Å². The highest BCUT2D eigenvalue weighted by molar-refractivity contribution is 7.99. The van der Waals surface area contributed by atoms with Crippen LogP contribution in [0.1, 0.15) is 49.2 Å². The van der Waals surface area contributed by atoms with Crippen LogP contribution in [0.4, 0.5) is 5.00 Å². The molecule has 1 aliphatic rings. The molecule has 1 aromatic rings. The number of esters is 1. The number of thioether (sulfide) groups is 1. The largest absolute Gasteiger partial charge is 0.462 e. The molecule has 1 heterocycles. The standard InChI is InChI=1S/C14H22N2O2S2/c1-4-18-14(17)12-9(3)16-20-13(12)15-10-6-7-11(8-10)19-5-2/h10-11,15H,4-8H2,1-3H3. The molecule has 2 unspecified atom stereocenters. The molecule has 0 aromatic carbocycles. The minimum atomic E-state index is -0.265. The maximum Gasteiger partial charge on any atom is 0.343 e. The lowest BCUT2D eigenvalue weighted by molar-refractivity contribution is 0.0527. The van der Waals surface area contributed by atoms with Crippen molar-refractivity contribution in [3.63, 3.8) is 0 Å². The van der Waals surface area contributed by atoms with E-state index in [2.05, 4.69) is 16.6 Å². The predicted octanol–water partition coefficient (Wildman–Crippen LogP) is 3.71. The van der Waals surface area contributed by atoms with Gasteiger partial charge in [0.15, 0.2) is 0 Å². The van der Waals surface area contributed by atoms with Crippen molar-refractivity contribution in [3.8, 4) is 0 Å². The van der Waals surface area contributed by atoms with Crippen LogP contribution in [-0.4, -0.2) is 34.0 Å². The van der Waals surface area contributed by atoms with Crippen LogP contribution in [0, 0.1) is 6.92 Å². The molecule has 0 bridgehead atoms. The number of nitrogens with zero attached hydrogens (tertiary/aromatic N) is 1. The molecule has 0 saturated heterocycles. The topological polar surface area (TPSA) is 51.2 Å². The molecule has 1 aromatic heterocycles. The highest BCUT2D eigenvalue weighted by Crippen LogP contribution is 2.34. The number of carbonyl (C=O) groups is 1. The number of rotatable bonds is 6. The van der Waals surface area contributed by atoms with Gasteiger partial charge in [-0.05, 0) is 50.4 Å². The summed E-state index contributed by atoms with van der Waals surface area (Å²) in [6, 6.07) is 0.451. The van der Waals surface area contributed by atoms with Gasteiger partial charge in [0.2, 0.25) is 0 Å². The van der Waals surface area contributed by atoms with E-state index in [0.717, 1.165) is 28.8 Å². The maximum absolute atomic E-state index is 12.0. The molecule has 20 heavy (non-hydrogen) atoms. The zero-order valence-electron chi connectivity index (χ0n) is 12.3. The van der Waals surface area contributed by atoms with Gasteiger partial charge < -0.3 is 10.1 Å². The SMILES string of the molecule is CCOC(=O)c1c(C)nsc1NC1CCC(SCC)C1. The van der Waals surface area contributed by atoms with E-state index in [1.54, 1.807) is 0 Å². The quantitative estimate of drug-likeness (QED) is 0.811. The third-order valence-corrected chi connectivity index (χ3v) is 5.57. The summed E-state index contributed by atoms with van der Waals surface area (Å²) >= 11 is 3.40. The van der Waals surface area contributed by atoms with Crippen molar-refractivity contribution in [1.82, 2.24) is 4.37 Å². The minimum absolute atomic E-state index is 0.265. The van der Waals surface area contributed by atoms with Crippen LogP contribution in [0.5, 0.6) is 0 Å². The van der Waals surface area contributed by atoms with Gasteiger partial charge in [0.25, 0.3) is 0 Å². The van der Waals surface area contributed by atoms with Crippen molar-refractivity contribution < 1.29 is 9.53 Å². The molecule has 0 radical (unpaired) electrons. The minimum Gasteiger partial charge on any atom is -0.462 e. The van der Waals surface area contributed by atoms with Gasteiger partial charge in [-0.1, -0.05) is 6.92 Å². The average molecular weight is 314 g/mol. The molecule has 4 nitrogen and oxygen atoms in total. The summed E-state index contributed by atoms with van der Waals surface area (Å²) in [6.07, 6.45) is 3.58. The number of hydrogen-bond acceptors (Lipinski definition) is 6. The zero-order valence-corrected chi connectivity index (χ0v) is 13.9. The van der Waals surface area contributed by atoms with E-state index in [-0.39, 0.29) is 5.97 Å². The Kier molecular flexibility index (Phi) is 5.72. The van der Waals surface area contributed by atoms with Gasteiger partial charge in [0.05, 0.1) is 12.3 Å². The lowest BCUT2D eigenvalue weighted by Crippen LogP contribution is -2.18. The van der Waals surface area contributed by atoms with Crippen LogP contribution in [0.2, 0.25) is 0 Å². The van der Waals surface area contributed by atoms with Crippen LogP contribution < -0.4 is 5.32 Å². The summed E-state index contributed by atoms with van der Waals surface area (Å²) in [6.45, 7) is 6.28. The summed E-state index contributed by atoms with van der Waals surface area (Å²) in [4.78, 5) is 12.0. The number of nitrogens with one attached hydrogen (secondary N) is 1. The highest BCUT2D eigenvalue weighted by Gasteiger charge is 2.27. The van der Waals surface area contributed by atoms with Gasteiger partial charge in [-0.25, -0.2) is 4.79 Å². The molecule has 1 saturated carbocycles. The fourth-order valence-electron chi connectivity index (χ4n) is 2.56. The molecule has 0 spiro atoms. The molecule has 1 N–H and O–H groups in total. The number of aryl methyl sites for hydroxylation is 1. The van der Waals surface area contributed by atoms with Crippen molar-refractivity contribution in [2.75, 3.05) is 17.7 Å². The fourth-order valence-corrected chi connectivity index (χ4v) is 4.56. The molecular formula is C14H22N2O2S2. The lowest BCUT2D eigenvalue weighted by atomic mass is 10.2. The average Bonchev–Trinajstić information content (AvgIpc) is 2.98. The summed E-state index contributed by atoms with van der Waals surface area (Å²) in [5.41, 5.74) is 1.37. The number of hydrogen-bond donors (Lipinski definition) is 1. The van der Waals surface area contributed by atoms with E-state index in [4.69, 9.17) is 4.74 Å². The van der Waals surface area contributed by atoms with Gasteiger partial charge >= 0.3 is 5.97 Å². The van der Waals surface area contributed by atoms with E-state index < -0.39 is 0 Å². The molecule has 0 aliphatic heterocycles. The van der Waals surface area contributed by atoms with Crippen molar-refractivity contribution >= 4 is 34.3 Å².